The molecule has 5 nitrogen and oxygen atoms in total. The Balaban J connectivity index is 1.62. The van der Waals surface area contributed by atoms with Crippen LogP contribution in [0.5, 0.6) is 0 Å². The van der Waals surface area contributed by atoms with Crippen molar-refractivity contribution in [2.24, 2.45) is 0 Å². The topological polar surface area (TPSA) is 49.6 Å². The Kier molecular flexibility index (Phi) is 3.25. The second kappa shape index (κ2) is 5.05. The molecular formula is C13H15N3O2S. The largest absolute Gasteiger partial charge is 0.459 e. The number of carbonyl (C=O) groups is 1. The van der Waals surface area contributed by atoms with Gasteiger partial charge in [0.25, 0.3) is 5.91 Å². The zero-order valence-corrected chi connectivity index (χ0v) is 11.5. The van der Waals surface area contributed by atoms with Crippen LogP contribution in [0, 0.1) is 6.92 Å². The number of furan rings is 1. The van der Waals surface area contributed by atoms with Crippen molar-refractivity contribution >= 4 is 22.4 Å². The zero-order valence-electron chi connectivity index (χ0n) is 10.7. The lowest BCUT2D eigenvalue weighted by molar-refractivity contribution is 0.0714. The molecule has 0 saturated carbocycles. The van der Waals surface area contributed by atoms with Crippen LogP contribution in [0.2, 0.25) is 0 Å². The fourth-order valence-electron chi connectivity index (χ4n) is 2.14. The van der Waals surface area contributed by atoms with Gasteiger partial charge in [-0.3, -0.25) is 4.79 Å². The van der Waals surface area contributed by atoms with E-state index in [2.05, 4.69) is 15.3 Å². The van der Waals surface area contributed by atoms with Gasteiger partial charge in [0, 0.05) is 31.6 Å². The molecule has 1 amide bonds. The summed E-state index contributed by atoms with van der Waals surface area (Å²) in [6.07, 6.45) is 1.53. The Morgan fingerprint density at radius 2 is 2.16 bits per heavy atom. The van der Waals surface area contributed by atoms with Gasteiger partial charge in [0.2, 0.25) is 0 Å². The maximum atomic E-state index is 12.1. The van der Waals surface area contributed by atoms with Crippen LogP contribution in [0.4, 0.5) is 5.13 Å². The zero-order chi connectivity index (χ0) is 13.2. The lowest BCUT2D eigenvalue weighted by Crippen LogP contribution is -2.48. The van der Waals surface area contributed by atoms with E-state index in [1.807, 2.05) is 11.8 Å². The molecule has 0 spiro atoms. The summed E-state index contributed by atoms with van der Waals surface area (Å²) >= 11 is 1.66. The summed E-state index contributed by atoms with van der Waals surface area (Å²) in [4.78, 5) is 20.6. The second-order valence-electron chi connectivity index (χ2n) is 4.53. The van der Waals surface area contributed by atoms with Gasteiger partial charge >= 0.3 is 0 Å². The first-order valence-corrected chi connectivity index (χ1v) is 7.12. The molecule has 1 aliphatic rings. The minimum absolute atomic E-state index is 0.0278. The standard InChI is InChI=1S/C13H15N3O2S/c1-10-9-19-13(14-10)16-6-4-15(5-7-16)12(17)11-3-2-8-18-11/h2-3,8-9H,4-7H2,1H3. The Labute approximate surface area is 115 Å². The highest BCUT2D eigenvalue weighted by molar-refractivity contribution is 7.13. The Hall–Kier alpha value is -1.82. The third kappa shape index (κ3) is 2.49. The lowest BCUT2D eigenvalue weighted by atomic mass is 10.3. The lowest BCUT2D eigenvalue weighted by Gasteiger charge is -2.34. The number of nitrogens with zero attached hydrogens (tertiary/aromatic N) is 3. The third-order valence-electron chi connectivity index (χ3n) is 3.18. The Bertz CT molecular complexity index is 556. The van der Waals surface area contributed by atoms with E-state index in [1.54, 1.807) is 23.5 Å². The number of thiazole rings is 1. The van der Waals surface area contributed by atoms with E-state index in [9.17, 15) is 4.79 Å². The number of amides is 1. The molecule has 0 aliphatic carbocycles. The first-order valence-electron chi connectivity index (χ1n) is 6.24. The third-order valence-corrected chi connectivity index (χ3v) is 4.20. The van der Waals surface area contributed by atoms with E-state index < -0.39 is 0 Å². The normalized spacial score (nSPS) is 15.8. The Morgan fingerprint density at radius 1 is 1.37 bits per heavy atom. The summed E-state index contributed by atoms with van der Waals surface area (Å²) in [6, 6.07) is 3.45. The van der Waals surface area contributed by atoms with Crippen molar-refractivity contribution in [3.8, 4) is 0 Å². The first kappa shape index (κ1) is 12.2. The highest BCUT2D eigenvalue weighted by Crippen LogP contribution is 2.21. The summed E-state index contributed by atoms with van der Waals surface area (Å²) in [5.41, 5.74) is 1.05. The molecule has 0 bridgehead atoms. The molecule has 0 N–H and O–H groups in total. The second-order valence-corrected chi connectivity index (χ2v) is 5.36. The molecule has 6 heteroatoms. The van der Waals surface area contributed by atoms with Crippen LogP contribution in [-0.4, -0.2) is 42.0 Å². The van der Waals surface area contributed by atoms with Crippen molar-refractivity contribution in [1.82, 2.24) is 9.88 Å². The summed E-state index contributed by atoms with van der Waals surface area (Å²) in [5, 5.41) is 3.10. The molecular weight excluding hydrogens is 262 g/mol. The van der Waals surface area contributed by atoms with E-state index in [1.165, 1.54) is 6.26 Å². The molecule has 19 heavy (non-hydrogen) atoms. The van der Waals surface area contributed by atoms with Gasteiger partial charge < -0.3 is 14.2 Å². The van der Waals surface area contributed by atoms with Gasteiger partial charge in [-0.15, -0.1) is 11.3 Å². The van der Waals surface area contributed by atoms with Crippen molar-refractivity contribution in [2.75, 3.05) is 31.1 Å². The van der Waals surface area contributed by atoms with Gasteiger partial charge in [0.1, 0.15) is 0 Å². The van der Waals surface area contributed by atoms with Crippen molar-refractivity contribution in [3.63, 3.8) is 0 Å². The van der Waals surface area contributed by atoms with Crippen molar-refractivity contribution in [2.45, 2.75) is 6.92 Å². The number of carbonyl (C=O) groups excluding carboxylic acids is 1. The molecule has 0 atom stereocenters. The molecule has 1 aliphatic heterocycles. The molecule has 0 radical (unpaired) electrons. The van der Waals surface area contributed by atoms with Gasteiger partial charge in [0.05, 0.1) is 12.0 Å². The molecule has 2 aromatic rings. The van der Waals surface area contributed by atoms with Crippen LogP contribution in [0.3, 0.4) is 0 Å². The molecule has 3 heterocycles. The SMILES string of the molecule is Cc1csc(N2CCN(C(=O)c3ccco3)CC2)n1. The first-order chi connectivity index (χ1) is 9.24. The van der Waals surface area contributed by atoms with Gasteiger partial charge in [0.15, 0.2) is 10.9 Å². The number of hydrogen-bond donors (Lipinski definition) is 0. The van der Waals surface area contributed by atoms with Crippen LogP contribution < -0.4 is 4.90 Å². The Morgan fingerprint density at radius 3 is 2.74 bits per heavy atom. The van der Waals surface area contributed by atoms with Crippen molar-refractivity contribution < 1.29 is 9.21 Å². The fraction of sp³-hybridized carbons (Fsp3) is 0.385. The molecule has 100 valence electrons. The van der Waals surface area contributed by atoms with Crippen LogP contribution in [0.1, 0.15) is 16.2 Å². The molecule has 1 fully saturated rings. The number of anilines is 1. The molecule has 0 unspecified atom stereocenters. The predicted molar refractivity (Wildman–Crippen MR) is 73.7 cm³/mol. The number of hydrogen-bond acceptors (Lipinski definition) is 5. The molecule has 1 saturated heterocycles. The van der Waals surface area contributed by atoms with Crippen molar-refractivity contribution in [1.29, 1.82) is 0 Å². The number of aryl methyl sites for hydroxylation is 1. The summed E-state index contributed by atoms with van der Waals surface area (Å²) in [5.74, 6) is 0.388. The quantitative estimate of drug-likeness (QED) is 0.842. The maximum Gasteiger partial charge on any atom is 0.289 e. The van der Waals surface area contributed by atoms with Gasteiger partial charge in [-0.1, -0.05) is 0 Å². The summed E-state index contributed by atoms with van der Waals surface area (Å²) in [6.45, 7) is 5.05. The maximum absolute atomic E-state index is 12.1. The smallest absolute Gasteiger partial charge is 0.289 e. The van der Waals surface area contributed by atoms with E-state index in [4.69, 9.17) is 4.42 Å². The van der Waals surface area contributed by atoms with E-state index in [0.29, 0.717) is 18.8 Å². The molecule has 0 aromatic carbocycles. The van der Waals surface area contributed by atoms with Crippen LogP contribution in [-0.2, 0) is 0 Å². The molecule has 3 rings (SSSR count). The van der Waals surface area contributed by atoms with E-state index in [-0.39, 0.29) is 5.91 Å². The van der Waals surface area contributed by atoms with E-state index in [0.717, 1.165) is 23.9 Å². The predicted octanol–water partition coefficient (Wildman–Crippen LogP) is 2.01. The number of piperazine rings is 1. The summed E-state index contributed by atoms with van der Waals surface area (Å²) < 4.78 is 5.15. The molecule has 2 aromatic heterocycles. The van der Waals surface area contributed by atoms with E-state index >= 15 is 0 Å². The number of rotatable bonds is 2. The minimum atomic E-state index is -0.0278. The monoisotopic (exact) mass is 277 g/mol. The average Bonchev–Trinajstić information content (AvgIpc) is 3.09. The van der Waals surface area contributed by atoms with Crippen LogP contribution in [0.15, 0.2) is 28.2 Å². The highest BCUT2D eigenvalue weighted by Gasteiger charge is 2.24. The van der Waals surface area contributed by atoms with Crippen molar-refractivity contribution in [3.05, 3.63) is 35.2 Å². The van der Waals surface area contributed by atoms with Gasteiger partial charge in [-0.05, 0) is 19.1 Å². The van der Waals surface area contributed by atoms with Crippen LogP contribution >= 0.6 is 11.3 Å². The summed E-state index contributed by atoms with van der Waals surface area (Å²) in [7, 11) is 0. The van der Waals surface area contributed by atoms with Gasteiger partial charge in [-0.25, -0.2) is 4.98 Å². The minimum Gasteiger partial charge on any atom is -0.459 e. The highest BCUT2D eigenvalue weighted by atomic mass is 32.1. The average molecular weight is 277 g/mol. The van der Waals surface area contributed by atoms with Crippen LogP contribution in [0.25, 0.3) is 0 Å². The fourth-order valence-corrected chi connectivity index (χ4v) is 3.00. The number of aromatic nitrogens is 1. The van der Waals surface area contributed by atoms with Gasteiger partial charge in [-0.2, -0.15) is 0 Å².